The lowest BCUT2D eigenvalue weighted by Gasteiger charge is -2.46. The van der Waals surface area contributed by atoms with Crippen LogP contribution in [0.5, 0.6) is 0 Å². The van der Waals surface area contributed by atoms with E-state index in [1.165, 1.54) is 0 Å². The number of aliphatic imine (C=N–C) groups is 2. The highest BCUT2D eigenvalue weighted by Crippen LogP contribution is 2.50. The molecule has 1 rings (SSSR count). The van der Waals surface area contributed by atoms with E-state index < -0.39 is 0 Å². The largest absolute Gasteiger partial charge is 0.234 e. The number of isocyanates is 2. The molecule has 2 unspecified atom stereocenters. The Morgan fingerprint density at radius 1 is 1.11 bits per heavy atom. The zero-order valence-electron chi connectivity index (χ0n) is 11.5. The zero-order chi connectivity index (χ0) is 13.6. The topological polar surface area (TPSA) is 58.9 Å². The van der Waals surface area contributed by atoms with Gasteiger partial charge in [0.2, 0.25) is 12.2 Å². The predicted octanol–water partition coefficient (Wildman–Crippen LogP) is 2.88. The highest BCUT2D eigenvalue weighted by Gasteiger charge is 2.40. The number of nitrogens with zero attached hydrogens (tertiary/aromatic N) is 2. The van der Waals surface area contributed by atoms with Crippen LogP contribution in [0.25, 0.3) is 0 Å². The summed E-state index contributed by atoms with van der Waals surface area (Å²) < 4.78 is 0. The van der Waals surface area contributed by atoms with Crippen molar-refractivity contribution in [2.75, 3.05) is 13.1 Å². The van der Waals surface area contributed by atoms with Gasteiger partial charge in [0.1, 0.15) is 0 Å². The van der Waals surface area contributed by atoms with Crippen LogP contribution in [0.4, 0.5) is 0 Å². The second kappa shape index (κ2) is 6.08. The van der Waals surface area contributed by atoms with Crippen molar-refractivity contribution in [1.29, 1.82) is 0 Å². The summed E-state index contributed by atoms with van der Waals surface area (Å²) in [5, 5.41) is 0. The first-order valence-corrected chi connectivity index (χ1v) is 6.48. The normalized spacial score (nSPS) is 30.1. The fourth-order valence-corrected chi connectivity index (χ4v) is 3.71. The maximum Gasteiger partial charge on any atom is 0.234 e. The first-order chi connectivity index (χ1) is 8.41. The average molecular weight is 250 g/mol. The van der Waals surface area contributed by atoms with Gasteiger partial charge in [-0.25, -0.2) is 19.6 Å². The van der Waals surface area contributed by atoms with Crippen LogP contribution in [0.2, 0.25) is 0 Å². The SMILES string of the molecule is CC1(C)CC(CN=C=O)CC(C)(CCN=C=O)C1. The van der Waals surface area contributed by atoms with Crippen molar-refractivity contribution in [2.45, 2.75) is 46.5 Å². The van der Waals surface area contributed by atoms with Gasteiger partial charge in [0.25, 0.3) is 0 Å². The molecular weight excluding hydrogens is 228 g/mol. The molecule has 1 saturated carbocycles. The van der Waals surface area contributed by atoms with Crippen LogP contribution in [0.1, 0.15) is 46.5 Å². The van der Waals surface area contributed by atoms with Crippen LogP contribution in [0.15, 0.2) is 9.98 Å². The molecule has 4 nitrogen and oxygen atoms in total. The maximum absolute atomic E-state index is 10.2. The Morgan fingerprint density at radius 2 is 1.78 bits per heavy atom. The molecule has 0 radical (unpaired) electrons. The minimum Gasteiger partial charge on any atom is -0.211 e. The lowest BCUT2D eigenvalue weighted by molar-refractivity contribution is 0.0528. The van der Waals surface area contributed by atoms with E-state index in [4.69, 9.17) is 0 Å². The number of hydrogen-bond acceptors (Lipinski definition) is 4. The number of hydrogen-bond donors (Lipinski definition) is 0. The van der Waals surface area contributed by atoms with Crippen molar-refractivity contribution in [2.24, 2.45) is 26.7 Å². The smallest absolute Gasteiger partial charge is 0.211 e. The van der Waals surface area contributed by atoms with E-state index in [-0.39, 0.29) is 10.8 Å². The molecule has 1 aliphatic rings. The average Bonchev–Trinajstić information content (AvgIpc) is 2.24. The molecule has 4 heteroatoms. The van der Waals surface area contributed by atoms with Gasteiger partial charge in [-0.1, -0.05) is 20.8 Å². The molecule has 0 aromatic heterocycles. The Labute approximate surface area is 109 Å². The van der Waals surface area contributed by atoms with E-state index in [2.05, 4.69) is 30.8 Å². The van der Waals surface area contributed by atoms with E-state index in [9.17, 15) is 9.59 Å². The van der Waals surface area contributed by atoms with Gasteiger partial charge in [-0.05, 0) is 42.4 Å². The lowest BCUT2D eigenvalue weighted by atomic mass is 9.59. The van der Waals surface area contributed by atoms with Crippen molar-refractivity contribution < 1.29 is 9.59 Å². The Morgan fingerprint density at radius 3 is 2.39 bits per heavy atom. The highest BCUT2D eigenvalue weighted by atomic mass is 16.1. The van der Waals surface area contributed by atoms with Crippen LogP contribution < -0.4 is 0 Å². The molecule has 100 valence electrons. The molecule has 0 heterocycles. The Kier molecular flexibility index (Phi) is 5.01. The predicted molar refractivity (Wildman–Crippen MR) is 69.8 cm³/mol. The van der Waals surface area contributed by atoms with Crippen molar-refractivity contribution >= 4 is 12.2 Å². The second-order valence-electron chi connectivity index (χ2n) is 6.58. The molecule has 0 aromatic rings. The van der Waals surface area contributed by atoms with Gasteiger partial charge in [-0.3, -0.25) is 0 Å². The quantitative estimate of drug-likeness (QED) is 0.556. The highest BCUT2D eigenvalue weighted by molar-refractivity contribution is 5.33. The summed E-state index contributed by atoms with van der Waals surface area (Å²) in [5.74, 6) is 0.431. The second-order valence-corrected chi connectivity index (χ2v) is 6.58. The minimum absolute atomic E-state index is 0.172. The van der Waals surface area contributed by atoms with Gasteiger partial charge >= 0.3 is 0 Å². The third-order valence-corrected chi connectivity index (χ3v) is 3.83. The molecule has 0 amide bonds. The summed E-state index contributed by atoms with van der Waals surface area (Å²) in [6.45, 7) is 7.86. The van der Waals surface area contributed by atoms with Gasteiger partial charge in [-0.2, -0.15) is 0 Å². The molecule has 18 heavy (non-hydrogen) atoms. The third-order valence-electron chi connectivity index (χ3n) is 3.83. The molecule has 0 aromatic carbocycles. The van der Waals surface area contributed by atoms with E-state index in [1.807, 2.05) is 0 Å². The standard InChI is InChI=1S/C14H22N2O2/c1-13(2)6-12(8-16-11-18)7-14(3,9-13)4-5-15-10-17/h12H,4-9H2,1-3H3. The lowest BCUT2D eigenvalue weighted by Crippen LogP contribution is -2.37. The van der Waals surface area contributed by atoms with Crippen molar-refractivity contribution in [3.8, 4) is 0 Å². The Hall–Kier alpha value is -1.24. The van der Waals surface area contributed by atoms with E-state index >= 15 is 0 Å². The molecule has 0 aliphatic heterocycles. The van der Waals surface area contributed by atoms with Crippen LogP contribution in [0.3, 0.4) is 0 Å². The summed E-state index contributed by atoms with van der Waals surface area (Å²) in [6.07, 6.45) is 7.37. The van der Waals surface area contributed by atoms with Crippen molar-refractivity contribution in [1.82, 2.24) is 0 Å². The molecule has 0 spiro atoms. The fourth-order valence-electron chi connectivity index (χ4n) is 3.71. The van der Waals surface area contributed by atoms with E-state index in [0.29, 0.717) is 19.0 Å². The number of carbonyl (C=O) groups excluding carboxylic acids is 2. The van der Waals surface area contributed by atoms with Gasteiger partial charge in [0, 0.05) is 0 Å². The van der Waals surface area contributed by atoms with Crippen LogP contribution >= 0.6 is 0 Å². The third kappa shape index (κ3) is 4.56. The van der Waals surface area contributed by atoms with Crippen molar-refractivity contribution in [3.63, 3.8) is 0 Å². The van der Waals surface area contributed by atoms with Gasteiger partial charge < -0.3 is 0 Å². The Balaban J connectivity index is 2.71. The zero-order valence-corrected chi connectivity index (χ0v) is 11.5. The molecule has 1 fully saturated rings. The number of rotatable bonds is 5. The summed E-state index contributed by atoms with van der Waals surface area (Å²) in [7, 11) is 0. The van der Waals surface area contributed by atoms with Crippen LogP contribution in [-0.4, -0.2) is 25.2 Å². The van der Waals surface area contributed by atoms with Crippen molar-refractivity contribution in [3.05, 3.63) is 0 Å². The first kappa shape index (κ1) is 14.8. The molecule has 2 atom stereocenters. The monoisotopic (exact) mass is 250 g/mol. The maximum atomic E-state index is 10.2. The van der Waals surface area contributed by atoms with Gasteiger partial charge in [0.15, 0.2) is 0 Å². The summed E-state index contributed by atoms with van der Waals surface area (Å²) in [6, 6.07) is 0. The fraction of sp³-hybridized carbons (Fsp3) is 0.857. The van der Waals surface area contributed by atoms with Crippen LogP contribution in [0, 0.1) is 16.7 Å². The first-order valence-electron chi connectivity index (χ1n) is 6.48. The molecular formula is C14H22N2O2. The van der Waals surface area contributed by atoms with E-state index in [1.54, 1.807) is 12.2 Å². The molecule has 1 aliphatic carbocycles. The Bertz CT molecular complexity index is 379. The molecule has 0 bridgehead atoms. The van der Waals surface area contributed by atoms with Gasteiger partial charge in [0.05, 0.1) is 13.1 Å². The minimum atomic E-state index is 0.172. The summed E-state index contributed by atoms with van der Waals surface area (Å²) >= 11 is 0. The van der Waals surface area contributed by atoms with Gasteiger partial charge in [-0.15, -0.1) is 0 Å². The van der Waals surface area contributed by atoms with E-state index in [0.717, 1.165) is 25.7 Å². The van der Waals surface area contributed by atoms with Crippen LogP contribution in [-0.2, 0) is 9.59 Å². The molecule has 0 N–H and O–H groups in total. The molecule has 0 saturated heterocycles. The summed E-state index contributed by atoms with van der Waals surface area (Å²) in [5.41, 5.74) is 0.423. The summed E-state index contributed by atoms with van der Waals surface area (Å²) in [4.78, 5) is 27.8.